The summed E-state index contributed by atoms with van der Waals surface area (Å²) in [4.78, 5) is 0. The molecule has 0 radical (unpaired) electrons. The van der Waals surface area contributed by atoms with Crippen LogP contribution in [0.1, 0.15) is 12.8 Å². The SMILES string of the molecule is C[SiH](C)OC1(O[SiH](C)C)CCC[Si](O[SiH](C)C)(c2ccccc2)O1. The highest BCUT2D eigenvalue weighted by molar-refractivity contribution is 6.86. The van der Waals surface area contributed by atoms with Crippen molar-refractivity contribution in [1.29, 1.82) is 0 Å². The van der Waals surface area contributed by atoms with Gasteiger partial charge in [-0.2, -0.15) is 0 Å². The first-order chi connectivity index (χ1) is 11.3. The van der Waals surface area contributed by atoms with Crippen LogP contribution < -0.4 is 5.19 Å². The lowest BCUT2D eigenvalue weighted by Crippen LogP contribution is -2.65. The van der Waals surface area contributed by atoms with Crippen LogP contribution in [0.2, 0.25) is 45.3 Å². The smallest absolute Gasteiger partial charge is 0.366 e. The Morgan fingerprint density at radius 1 is 0.917 bits per heavy atom. The van der Waals surface area contributed by atoms with Crippen LogP contribution in [0.4, 0.5) is 0 Å². The maximum Gasteiger partial charge on any atom is 0.366 e. The average Bonchev–Trinajstić information content (AvgIpc) is 2.45. The molecule has 1 fully saturated rings. The van der Waals surface area contributed by atoms with Gasteiger partial charge in [0.1, 0.15) is 0 Å². The molecule has 0 aromatic heterocycles. The lowest BCUT2D eigenvalue weighted by molar-refractivity contribution is -0.279. The van der Waals surface area contributed by atoms with Crippen LogP contribution in [0.25, 0.3) is 0 Å². The first-order valence-electron chi connectivity index (χ1n) is 9.06. The summed E-state index contributed by atoms with van der Waals surface area (Å²) in [6.07, 6.45) is 1.85. The fraction of sp³-hybridized carbons (Fsp3) is 0.625. The zero-order chi connectivity index (χ0) is 17.8. The van der Waals surface area contributed by atoms with Gasteiger partial charge >= 0.3 is 8.56 Å². The van der Waals surface area contributed by atoms with E-state index in [0.717, 1.165) is 18.9 Å². The summed E-state index contributed by atoms with van der Waals surface area (Å²) in [5.74, 6) is -0.871. The number of benzene rings is 1. The average molecular weight is 401 g/mol. The predicted molar refractivity (Wildman–Crippen MR) is 110 cm³/mol. The van der Waals surface area contributed by atoms with Gasteiger partial charge in [0, 0.05) is 6.42 Å². The topological polar surface area (TPSA) is 36.9 Å². The molecule has 1 heterocycles. The van der Waals surface area contributed by atoms with E-state index >= 15 is 0 Å². The Morgan fingerprint density at radius 3 is 2.00 bits per heavy atom. The highest BCUT2D eigenvalue weighted by atomic mass is 28.4. The van der Waals surface area contributed by atoms with E-state index in [9.17, 15) is 0 Å². The molecule has 136 valence electrons. The van der Waals surface area contributed by atoms with E-state index in [1.54, 1.807) is 0 Å². The van der Waals surface area contributed by atoms with Gasteiger partial charge in [-0.05, 0) is 56.9 Å². The van der Waals surface area contributed by atoms with Crippen LogP contribution in [-0.2, 0) is 17.4 Å². The quantitative estimate of drug-likeness (QED) is 0.521. The summed E-state index contributed by atoms with van der Waals surface area (Å²) in [7, 11) is -6.41. The molecule has 0 bridgehead atoms. The second-order valence-corrected chi connectivity index (χ2v) is 17.8. The standard InChI is InChI=1S/C16H32O4Si4/c1-21(2)17-16(18-22(3)4)13-10-14-24(19-16,20-23(5)6)15-11-8-7-9-12-15/h7-9,11-12,21-23H,10,13-14H2,1-6H3. The lowest BCUT2D eigenvalue weighted by atomic mass is 10.3. The van der Waals surface area contributed by atoms with Gasteiger partial charge in [-0.15, -0.1) is 0 Å². The van der Waals surface area contributed by atoms with Crippen molar-refractivity contribution in [2.75, 3.05) is 0 Å². The number of hydrogen-bond acceptors (Lipinski definition) is 4. The fourth-order valence-electron chi connectivity index (χ4n) is 3.23. The van der Waals surface area contributed by atoms with Crippen molar-refractivity contribution in [1.82, 2.24) is 0 Å². The van der Waals surface area contributed by atoms with Crippen molar-refractivity contribution in [3.8, 4) is 0 Å². The monoisotopic (exact) mass is 400 g/mol. The van der Waals surface area contributed by atoms with E-state index in [1.807, 2.05) is 6.07 Å². The molecule has 0 amide bonds. The third-order valence-corrected chi connectivity index (χ3v) is 11.7. The van der Waals surface area contributed by atoms with E-state index in [0.29, 0.717) is 0 Å². The molecule has 1 unspecified atom stereocenters. The van der Waals surface area contributed by atoms with E-state index < -0.39 is 41.7 Å². The van der Waals surface area contributed by atoms with Crippen LogP contribution >= 0.6 is 0 Å². The minimum absolute atomic E-state index is 0.813. The van der Waals surface area contributed by atoms with Crippen molar-refractivity contribution in [2.45, 2.75) is 64.1 Å². The molecule has 8 heteroatoms. The van der Waals surface area contributed by atoms with Gasteiger partial charge in [0.2, 0.25) is 0 Å². The van der Waals surface area contributed by atoms with Gasteiger partial charge in [-0.1, -0.05) is 30.3 Å². The Labute approximate surface area is 152 Å². The minimum Gasteiger partial charge on any atom is -0.436 e. The number of hydrogen-bond donors (Lipinski definition) is 0. The molecule has 0 saturated carbocycles. The van der Waals surface area contributed by atoms with Crippen LogP contribution in [0, 0.1) is 0 Å². The Morgan fingerprint density at radius 2 is 1.50 bits per heavy atom. The zero-order valence-electron chi connectivity index (χ0n) is 15.9. The Kier molecular flexibility index (Phi) is 7.20. The molecule has 4 nitrogen and oxygen atoms in total. The summed E-state index contributed by atoms with van der Waals surface area (Å²) in [6.45, 7) is 13.1. The molecular formula is C16H32O4Si4. The van der Waals surface area contributed by atoms with Crippen LogP contribution in [0.3, 0.4) is 0 Å². The second-order valence-electron chi connectivity index (χ2n) is 7.26. The predicted octanol–water partition coefficient (Wildman–Crippen LogP) is 2.80. The van der Waals surface area contributed by atoms with E-state index in [1.165, 1.54) is 5.19 Å². The molecule has 2 rings (SSSR count). The van der Waals surface area contributed by atoms with Crippen molar-refractivity contribution in [3.63, 3.8) is 0 Å². The Hall–Kier alpha value is -0.0725. The van der Waals surface area contributed by atoms with E-state index in [4.69, 9.17) is 17.4 Å². The molecule has 1 aromatic rings. The van der Waals surface area contributed by atoms with Crippen LogP contribution in [-0.4, -0.2) is 41.7 Å². The zero-order valence-corrected chi connectivity index (χ0v) is 20.3. The second kappa shape index (κ2) is 8.54. The maximum absolute atomic E-state index is 6.76. The molecule has 1 aliphatic rings. The highest BCUT2D eigenvalue weighted by Gasteiger charge is 2.53. The first-order valence-corrected chi connectivity index (χ1v) is 19.4. The van der Waals surface area contributed by atoms with E-state index in [2.05, 4.69) is 63.5 Å². The van der Waals surface area contributed by atoms with Gasteiger partial charge in [-0.3, -0.25) is 0 Å². The number of rotatable bonds is 7. The Bertz CT molecular complexity index is 502. The summed E-state index contributed by atoms with van der Waals surface area (Å²) in [5.41, 5.74) is 0. The van der Waals surface area contributed by atoms with Crippen LogP contribution in [0.15, 0.2) is 30.3 Å². The summed E-state index contributed by atoms with van der Waals surface area (Å²) in [6, 6.07) is 11.5. The van der Waals surface area contributed by atoms with Crippen molar-refractivity contribution in [2.24, 2.45) is 0 Å². The maximum atomic E-state index is 6.76. The van der Waals surface area contributed by atoms with Crippen molar-refractivity contribution in [3.05, 3.63) is 30.3 Å². The highest BCUT2D eigenvalue weighted by Crippen LogP contribution is 2.37. The molecule has 1 saturated heterocycles. The third-order valence-electron chi connectivity index (χ3n) is 3.78. The molecule has 1 aromatic carbocycles. The van der Waals surface area contributed by atoms with Crippen molar-refractivity contribution >= 4 is 40.9 Å². The fourth-order valence-corrected chi connectivity index (χ4v) is 12.2. The van der Waals surface area contributed by atoms with Crippen molar-refractivity contribution < 1.29 is 17.4 Å². The first kappa shape index (κ1) is 20.2. The summed E-state index contributed by atoms with van der Waals surface area (Å²) >= 11 is 0. The summed E-state index contributed by atoms with van der Waals surface area (Å²) in [5, 5.41) is 1.21. The van der Waals surface area contributed by atoms with Gasteiger partial charge in [0.25, 0.3) is 5.97 Å². The molecule has 0 spiro atoms. The molecule has 24 heavy (non-hydrogen) atoms. The Balaban J connectivity index is 2.39. The van der Waals surface area contributed by atoms with Gasteiger partial charge in [0.15, 0.2) is 27.1 Å². The largest absolute Gasteiger partial charge is 0.436 e. The normalized spacial score (nSPS) is 24.0. The molecule has 1 atom stereocenters. The molecule has 0 N–H and O–H groups in total. The van der Waals surface area contributed by atoms with Gasteiger partial charge in [0.05, 0.1) is 0 Å². The van der Waals surface area contributed by atoms with Gasteiger partial charge in [-0.25, -0.2) is 0 Å². The van der Waals surface area contributed by atoms with Gasteiger partial charge < -0.3 is 17.4 Å². The minimum atomic E-state index is -2.53. The molecular weight excluding hydrogens is 369 g/mol. The third kappa shape index (κ3) is 5.21. The lowest BCUT2D eigenvalue weighted by Gasteiger charge is -2.48. The summed E-state index contributed by atoms with van der Waals surface area (Å²) < 4.78 is 26.1. The van der Waals surface area contributed by atoms with E-state index in [-0.39, 0.29) is 0 Å². The molecule has 0 aliphatic carbocycles. The molecule has 1 aliphatic heterocycles. The van der Waals surface area contributed by atoms with Crippen LogP contribution in [0.5, 0.6) is 0 Å².